The molecule has 0 atom stereocenters. The third-order valence-corrected chi connectivity index (χ3v) is 2.96. The number of aromatic carboxylic acids is 1. The van der Waals surface area contributed by atoms with Crippen LogP contribution in [0.25, 0.3) is 0 Å². The summed E-state index contributed by atoms with van der Waals surface area (Å²) < 4.78 is 0. The van der Waals surface area contributed by atoms with Gasteiger partial charge < -0.3 is 15.3 Å². The van der Waals surface area contributed by atoms with Gasteiger partial charge in [-0.15, -0.1) is 0 Å². The maximum absolute atomic E-state index is 11.2. The van der Waals surface area contributed by atoms with Crippen molar-refractivity contribution in [1.82, 2.24) is 20.2 Å². The highest BCUT2D eigenvalue weighted by Gasteiger charge is 2.21. The van der Waals surface area contributed by atoms with Gasteiger partial charge in [0.25, 0.3) is 0 Å². The van der Waals surface area contributed by atoms with Crippen LogP contribution < -0.4 is 5.32 Å². The van der Waals surface area contributed by atoms with E-state index in [-0.39, 0.29) is 5.69 Å². The number of nitrogens with one attached hydrogen (secondary N) is 1. The first kappa shape index (κ1) is 12.9. The first-order valence-corrected chi connectivity index (χ1v) is 6.05. The minimum atomic E-state index is -0.969. The van der Waals surface area contributed by atoms with E-state index in [1.807, 2.05) is 19.0 Å². The van der Waals surface area contributed by atoms with Crippen molar-refractivity contribution in [2.45, 2.75) is 19.4 Å². The summed E-state index contributed by atoms with van der Waals surface area (Å²) >= 11 is 0. The number of carbonyl (C=O) groups is 1. The lowest BCUT2D eigenvalue weighted by Gasteiger charge is -2.19. The van der Waals surface area contributed by atoms with Crippen molar-refractivity contribution in [3.8, 4) is 0 Å². The Morgan fingerprint density at radius 3 is 2.89 bits per heavy atom. The van der Waals surface area contributed by atoms with Gasteiger partial charge in [-0.2, -0.15) is 0 Å². The van der Waals surface area contributed by atoms with Crippen LogP contribution in [0.1, 0.15) is 27.6 Å². The van der Waals surface area contributed by atoms with Gasteiger partial charge in [-0.05, 0) is 14.1 Å². The first-order valence-electron chi connectivity index (χ1n) is 6.05. The van der Waals surface area contributed by atoms with Gasteiger partial charge in [0, 0.05) is 38.0 Å². The van der Waals surface area contributed by atoms with Crippen molar-refractivity contribution in [3.63, 3.8) is 0 Å². The quantitative estimate of drug-likeness (QED) is 0.778. The molecule has 1 aliphatic rings. The molecule has 0 amide bonds. The number of carboxylic acids is 1. The van der Waals surface area contributed by atoms with Crippen LogP contribution in [0.2, 0.25) is 0 Å². The number of aromatic nitrogens is 2. The van der Waals surface area contributed by atoms with E-state index in [1.54, 1.807) is 0 Å². The molecule has 1 aliphatic heterocycles. The van der Waals surface area contributed by atoms with Crippen LogP contribution in [0.5, 0.6) is 0 Å². The van der Waals surface area contributed by atoms with Crippen molar-refractivity contribution < 1.29 is 9.90 Å². The summed E-state index contributed by atoms with van der Waals surface area (Å²) in [5.74, 6) is -0.342. The van der Waals surface area contributed by atoms with E-state index in [0.29, 0.717) is 18.8 Å². The van der Waals surface area contributed by atoms with Gasteiger partial charge in [-0.25, -0.2) is 14.8 Å². The standard InChI is InChI=1S/C12H18N4O2/c1-16(2)6-4-10-14-9-3-5-13-7-8(9)11(15-10)12(17)18/h13H,3-7H2,1-2H3,(H,17,18). The maximum atomic E-state index is 11.2. The van der Waals surface area contributed by atoms with E-state index in [9.17, 15) is 9.90 Å². The van der Waals surface area contributed by atoms with Crippen molar-refractivity contribution in [3.05, 3.63) is 22.8 Å². The fraction of sp³-hybridized carbons (Fsp3) is 0.583. The highest BCUT2D eigenvalue weighted by atomic mass is 16.4. The van der Waals surface area contributed by atoms with Crippen LogP contribution >= 0.6 is 0 Å². The molecule has 0 radical (unpaired) electrons. The zero-order chi connectivity index (χ0) is 13.1. The molecule has 0 aliphatic carbocycles. The fourth-order valence-corrected chi connectivity index (χ4v) is 2.01. The minimum Gasteiger partial charge on any atom is -0.476 e. The van der Waals surface area contributed by atoms with E-state index < -0.39 is 5.97 Å². The lowest BCUT2D eigenvalue weighted by Crippen LogP contribution is -2.29. The Hall–Kier alpha value is -1.53. The van der Waals surface area contributed by atoms with Gasteiger partial charge >= 0.3 is 5.97 Å². The molecule has 2 heterocycles. The molecule has 1 aromatic heterocycles. The van der Waals surface area contributed by atoms with Crippen LogP contribution in [-0.2, 0) is 19.4 Å². The molecule has 2 rings (SSSR count). The van der Waals surface area contributed by atoms with Gasteiger partial charge in [0.2, 0.25) is 0 Å². The molecule has 1 aromatic rings. The predicted molar refractivity (Wildman–Crippen MR) is 66.7 cm³/mol. The number of nitrogens with zero attached hydrogens (tertiary/aromatic N) is 3. The molecule has 0 unspecified atom stereocenters. The molecule has 6 heteroatoms. The summed E-state index contributed by atoms with van der Waals surface area (Å²) in [5.41, 5.74) is 1.78. The molecule has 0 bridgehead atoms. The second-order valence-corrected chi connectivity index (χ2v) is 4.70. The summed E-state index contributed by atoms with van der Waals surface area (Å²) in [6, 6.07) is 0. The summed E-state index contributed by atoms with van der Waals surface area (Å²) in [6.45, 7) is 2.21. The maximum Gasteiger partial charge on any atom is 0.354 e. The molecule has 0 aromatic carbocycles. The van der Waals surface area contributed by atoms with Gasteiger partial charge in [0.15, 0.2) is 5.69 Å². The van der Waals surface area contributed by atoms with Crippen molar-refractivity contribution in [2.75, 3.05) is 27.2 Å². The van der Waals surface area contributed by atoms with Crippen LogP contribution in [0.3, 0.4) is 0 Å². The second-order valence-electron chi connectivity index (χ2n) is 4.70. The normalized spacial score (nSPS) is 14.6. The third kappa shape index (κ3) is 2.83. The van der Waals surface area contributed by atoms with E-state index in [0.717, 1.165) is 30.8 Å². The lowest BCUT2D eigenvalue weighted by atomic mass is 10.0. The van der Waals surface area contributed by atoms with E-state index in [4.69, 9.17) is 0 Å². The van der Waals surface area contributed by atoms with Crippen molar-refractivity contribution in [2.24, 2.45) is 0 Å². The summed E-state index contributed by atoms with van der Waals surface area (Å²) in [6.07, 6.45) is 1.45. The molecule has 18 heavy (non-hydrogen) atoms. The summed E-state index contributed by atoms with van der Waals surface area (Å²) in [7, 11) is 3.95. The average Bonchev–Trinajstić information content (AvgIpc) is 2.35. The van der Waals surface area contributed by atoms with E-state index in [1.165, 1.54) is 0 Å². The molecule has 2 N–H and O–H groups in total. The highest BCUT2D eigenvalue weighted by molar-refractivity contribution is 5.87. The van der Waals surface area contributed by atoms with Gasteiger partial charge in [-0.1, -0.05) is 0 Å². The fourth-order valence-electron chi connectivity index (χ4n) is 2.01. The number of rotatable bonds is 4. The Morgan fingerprint density at radius 2 is 2.22 bits per heavy atom. The van der Waals surface area contributed by atoms with Gasteiger partial charge in [0.1, 0.15) is 5.82 Å². The third-order valence-electron chi connectivity index (χ3n) is 2.96. The van der Waals surface area contributed by atoms with Gasteiger partial charge in [0.05, 0.1) is 5.69 Å². The van der Waals surface area contributed by atoms with Gasteiger partial charge in [-0.3, -0.25) is 0 Å². The van der Waals surface area contributed by atoms with Crippen LogP contribution in [-0.4, -0.2) is 53.1 Å². The molecular formula is C12H18N4O2. The Balaban J connectivity index is 2.32. The van der Waals surface area contributed by atoms with Crippen LogP contribution in [0, 0.1) is 0 Å². The molecular weight excluding hydrogens is 232 g/mol. The Kier molecular flexibility index (Phi) is 3.88. The number of likely N-dealkylation sites (N-methyl/N-ethyl adjacent to an activating group) is 1. The molecule has 0 fully saturated rings. The van der Waals surface area contributed by atoms with Crippen LogP contribution in [0.15, 0.2) is 0 Å². The monoisotopic (exact) mass is 250 g/mol. The Labute approximate surface area is 106 Å². The number of fused-ring (bicyclic) bond motifs is 1. The molecule has 0 saturated heterocycles. The number of carboxylic acid groups (broad SMARTS) is 1. The molecule has 0 spiro atoms. The Bertz CT molecular complexity index is 460. The predicted octanol–water partition coefficient (Wildman–Crippen LogP) is -0.0754. The molecule has 98 valence electrons. The second kappa shape index (κ2) is 5.41. The number of hydrogen-bond donors (Lipinski definition) is 2. The largest absolute Gasteiger partial charge is 0.476 e. The molecule has 0 saturated carbocycles. The highest BCUT2D eigenvalue weighted by Crippen LogP contribution is 2.16. The minimum absolute atomic E-state index is 0.154. The van der Waals surface area contributed by atoms with Crippen molar-refractivity contribution in [1.29, 1.82) is 0 Å². The van der Waals surface area contributed by atoms with Crippen LogP contribution in [0.4, 0.5) is 0 Å². The molecule has 6 nitrogen and oxygen atoms in total. The summed E-state index contributed by atoms with van der Waals surface area (Å²) in [5, 5.41) is 12.4. The number of hydrogen-bond acceptors (Lipinski definition) is 5. The van der Waals surface area contributed by atoms with E-state index >= 15 is 0 Å². The van der Waals surface area contributed by atoms with E-state index in [2.05, 4.69) is 15.3 Å². The van der Waals surface area contributed by atoms with Crippen molar-refractivity contribution >= 4 is 5.97 Å². The lowest BCUT2D eigenvalue weighted by molar-refractivity contribution is 0.0687. The zero-order valence-electron chi connectivity index (χ0n) is 10.7. The topological polar surface area (TPSA) is 78.4 Å². The average molecular weight is 250 g/mol. The smallest absolute Gasteiger partial charge is 0.354 e. The zero-order valence-corrected chi connectivity index (χ0v) is 10.7. The SMILES string of the molecule is CN(C)CCc1nc2c(c(C(=O)O)n1)CNCC2. The summed E-state index contributed by atoms with van der Waals surface area (Å²) in [4.78, 5) is 21.9. The Morgan fingerprint density at radius 1 is 1.44 bits per heavy atom. The first-order chi connectivity index (χ1) is 8.58.